The number of carboxylic acids is 1. The van der Waals surface area contributed by atoms with Gasteiger partial charge in [-0.3, -0.25) is 9.59 Å². The Balaban J connectivity index is 2.60. The van der Waals surface area contributed by atoms with Gasteiger partial charge in [-0.05, 0) is 24.5 Å². The summed E-state index contributed by atoms with van der Waals surface area (Å²) in [5.41, 5.74) is 7.94. The number of nitrogens with two attached hydrogens (primary N) is 1. The molecule has 1 aromatic carbocycles. The lowest BCUT2D eigenvalue weighted by molar-refractivity contribution is -0.143. The standard InChI is InChI=1S/C14H19NO3/c1-9-5-3-4-6-11(9)8-12(15)13(16)7-10(2)14(17)18/h3-6,10,12H,7-8,15H2,1-2H3,(H,17,18)/t10-,12+/m0/s1. The number of hydrogen-bond acceptors (Lipinski definition) is 3. The molecule has 2 atom stereocenters. The molecule has 4 heteroatoms. The molecule has 0 spiro atoms. The van der Waals surface area contributed by atoms with Crippen molar-refractivity contribution in [2.75, 3.05) is 0 Å². The number of Topliss-reactive ketones (excluding diaryl/α,β-unsaturated/α-hetero) is 1. The quantitative estimate of drug-likeness (QED) is 0.801. The second-order valence-electron chi connectivity index (χ2n) is 4.65. The fourth-order valence-electron chi connectivity index (χ4n) is 1.73. The van der Waals surface area contributed by atoms with Crippen LogP contribution in [0.1, 0.15) is 24.5 Å². The summed E-state index contributed by atoms with van der Waals surface area (Å²) in [4.78, 5) is 22.5. The Morgan fingerprint density at radius 3 is 2.50 bits per heavy atom. The van der Waals surface area contributed by atoms with Crippen LogP contribution in [0.25, 0.3) is 0 Å². The van der Waals surface area contributed by atoms with Crippen molar-refractivity contribution in [2.45, 2.75) is 32.7 Å². The summed E-state index contributed by atoms with van der Waals surface area (Å²) in [7, 11) is 0. The van der Waals surface area contributed by atoms with E-state index in [0.29, 0.717) is 6.42 Å². The summed E-state index contributed by atoms with van der Waals surface area (Å²) in [6, 6.07) is 7.10. The Morgan fingerprint density at radius 2 is 1.94 bits per heavy atom. The molecule has 0 aromatic heterocycles. The third kappa shape index (κ3) is 3.96. The fraction of sp³-hybridized carbons (Fsp3) is 0.429. The number of hydrogen-bond donors (Lipinski definition) is 2. The third-order valence-corrected chi connectivity index (χ3v) is 3.04. The minimum Gasteiger partial charge on any atom is -0.481 e. The zero-order valence-electron chi connectivity index (χ0n) is 10.7. The maximum atomic E-state index is 11.8. The average molecular weight is 249 g/mol. The molecule has 0 amide bonds. The van der Waals surface area contributed by atoms with Crippen LogP contribution in [0, 0.1) is 12.8 Å². The van der Waals surface area contributed by atoms with E-state index in [2.05, 4.69) is 0 Å². The highest BCUT2D eigenvalue weighted by Gasteiger charge is 2.21. The molecule has 0 aliphatic rings. The normalized spacial score (nSPS) is 13.9. The molecule has 18 heavy (non-hydrogen) atoms. The van der Waals surface area contributed by atoms with E-state index in [4.69, 9.17) is 10.8 Å². The molecule has 0 fully saturated rings. The van der Waals surface area contributed by atoms with Gasteiger partial charge in [-0.1, -0.05) is 31.2 Å². The van der Waals surface area contributed by atoms with Gasteiger partial charge in [0.15, 0.2) is 5.78 Å². The highest BCUT2D eigenvalue weighted by Crippen LogP contribution is 2.11. The Morgan fingerprint density at radius 1 is 1.33 bits per heavy atom. The molecular weight excluding hydrogens is 230 g/mol. The van der Waals surface area contributed by atoms with Crippen LogP contribution < -0.4 is 5.73 Å². The lowest BCUT2D eigenvalue weighted by Crippen LogP contribution is -2.34. The molecule has 0 aliphatic carbocycles. The van der Waals surface area contributed by atoms with Gasteiger partial charge in [-0.15, -0.1) is 0 Å². The molecular formula is C14H19NO3. The smallest absolute Gasteiger partial charge is 0.306 e. The van der Waals surface area contributed by atoms with Crippen molar-refractivity contribution in [3.63, 3.8) is 0 Å². The number of aliphatic carboxylic acids is 1. The molecule has 0 aliphatic heterocycles. The predicted molar refractivity (Wildman–Crippen MR) is 69.3 cm³/mol. The van der Waals surface area contributed by atoms with Crippen LogP contribution in [0.2, 0.25) is 0 Å². The number of carboxylic acid groups (broad SMARTS) is 1. The average Bonchev–Trinajstić information content (AvgIpc) is 2.31. The topological polar surface area (TPSA) is 80.4 Å². The Kier molecular flexibility index (Phi) is 5.04. The van der Waals surface area contributed by atoms with Gasteiger partial charge < -0.3 is 10.8 Å². The molecule has 0 saturated heterocycles. The largest absolute Gasteiger partial charge is 0.481 e. The zero-order chi connectivity index (χ0) is 13.7. The van der Waals surface area contributed by atoms with Crippen molar-refractivity contribution >= 4 is 11.8 Å². The highest BCUT2D eigenvalue weighted by atomic mass is 16.4. The number of benzene rings is 1. The first-order chi connectivity index (χ1) is 8.41. The first-order valence-electron chi connectivity index (χ1n) is 5.97. The summed E-state index contributed by atoms with van der Waals surface area (Å²) in [5, 5.41) is 8.75. The van der Waals surface area contributed by atoms with E-state index in [1.807, 2.05) is 31.2 Å². The zero-order valence-corrected chi connectivity index (χ0v) is 10.7. The van der Waals surface area contributed by atoms with E-state index in [1.165, 1.54) is 6.92 Å². The summed E-state index contributed by atoms with van der Waals surface area (Å²) in [6.07, 6.45) is 0.445. The van der Waals surface area contributed by atoms with Gasteiger partial charge >= 0.3 is 5.97 Å². The number of aryl methyl sites for hydroxylation is 1. The molecule has 1 rings (SSSR count). The van der Waals surface area contributed by atoms with E-state index in [1.54, 1.807) is 0 Å². The van der Waals surface area contributed by atoms with E-state index in [-0.39, 0.29) is 12.2 Å². The van der Waals surface area contributed by atoms with Crippen molar-refractivity contribution < 1.29 is 14.7 Å². The summed E-state index contributed by atoms with van der Waals surface area (Å²) in [5.74, 6) is -1.85. The summed E-state index contributed by atoms with van der Waals surface area (Å²) < 4.78 is 0. The molecule has 4 nitrogen and oxygen atoms in total. The highest BCUT2D eigenvalue weighted by molar-refractivity contribution is 5.87. The first-order valence-corrected chi connectivity index (χ1v) is 5.97. The molecule has 0 saturated carbocycles. The van der Waals surface area contributed by atoms with Crippen molar-refractivity contribution in [3.8, 4) is 0 Å². The van der Waals surface area contributed by atoms with Crippen LogP contribution in [0.3, 0.4) is 0 Å². The van der Waals surface area contributed by atoms with Gasteiger partial charge in [0.25, 0.3) is 0 Å². The SMILES string of the molecule is Cc1ccccc1C[C@@H](N)C(=O)C[C@H](C)C(=O)O. The summed E-state index contributed by atoms with van der Waals surface area (Å²) >= 11 is 0. The van der Waals surface area contributed by atoms with E-state index >= 15 is 0 Å². The second kappa shape index (κ2) is 6.31. The Hall–Kier alpha value is -1.68. The molecule has 1 aromatic rings. The number of carbonyl (C=O) groups excluding carboxylic acids is 1. The van der Waals surface area contributed by atoms with Crippen LogP contribution in [0.5, 0.6) is 0 Å². The first kappa shape index (κ1) is 14.4. The van der Waals surface area contributed by atoms with Crippen LogP contribution >= 0.6 is 0 Å². The molecule has 0 bridgehead atoms. The monoisotopic (exact) mass is 249 g/mol. The van der Waals surface area contributed by atoms with Crippen molar-refractivity contribution in [1.29, 1.82) is 0 Å². The van der Waals surface area contributed by atoms with Gasteiger partial charge in [0.05, 0.1) is 12.0 Å². The van der Waals surface area contributed by atoms with Gasteiger partial charge in [0, 0.05) is 6.42 Å². The lowest BCUT2D eigenvalue weighted by atomic mass is 9.94. The van der Waals surface area contributed by atoms with Gasteiger partial charge in [-0.2, -0.15) is 0 Å². The van der Waals surface area contributed by atoms with E-state index < -0.39 is 17.9 Å². The second-order valence-corrected chi connectivity index (χ2v) is 4.65. The number of rotatable bonds is 6. The summed E-state index contributed by atoms with van der Waals surface area (Å²) in [6.45, 7) is 3.48. The Bertz CT molecular complexity index is 442. The maximum absolute atomic E-state index is 11.8. The van der Waals surface area contributed by atoms with Gasteiger partial charge in [0.1, 0.15) is 0 Å². The fourth-order valence-corrected chi connectivity index (χ4v) is 1.73. The number of ketones is 1. The van der Waals surface area contributed by atoms with Crippen molar-refractivity contribution in [3.05, 3.63) is 35.4 Å². The van der Waals surface area contributed by atoms with Crippen LogP contribution in [0.4, 0.5) is 0 Å². The minimum atomic E-state index is -0.966. The van der Waals surface area contributed by atoms with Crippen LogP contribution in [0.15, 0.2) is 24.3 Å². The maximum Gasteiger partial charge on any atom is 0.306 e. The van der Waals surface area contributed by atoms with Crippen LogP contribution in [-0.4, -0.2) is 22.9 Å². The Labute approximate surface area is 107 Å². The van der Waals surface area contributed by atoms with Gasteiger partial charge in [0.2, 0.25) is 0 Å². The van der Waals surface area contributed by atoms with Crippen molar-refractivity contribution in [1.82, 2.24) is 0 Å². The van der Waals surface area contributed by atoms with E-state index in [9.17, 15) is 9.59 Å². The lowest BCUT2D eigenvalue weighted by Gasteiger charge is -2.13. The van der Waals surface area contributed by atoms with E-state index in [0.717, 1.165) is 11.1 Å². The molecule has 98 valence electrons. The molecule has 3 N–H and O–H groups in total. The third-order valence-electron chi connectivity index (χ3n) is 3.04. The molecule has 0 radical (unpaired) electrons. The molecule has 0 heterocycles. The molecule has 0 unspecified atom stereocenters. The minimum absolute atomic E-state index is 0.0115. The van der Waals surface area contributed by atoms with Crippen LogP contribution in [-0.2, 0) is 16.0 Å². The van der Waals surface area contributed by atoms with Crippen molar-refractivity contribution in [2.24, 2.45) is 11.7 Å². The number of carbonyl (C=O) groups is 2. The predicted octanol–water partition coefficient (Wildman–Crippen LogP) is 1.54. The van der Waals surface area contributed by atoms with Gasteiger partial charge in [-0.25, -0.2) is 0 Å².